The highest BCUT2D eigenvalue weighted by molar-refractivity contribution is 7.90. The third kappa shape index (κ3) is 3.60. The van der Waals surface area contributed by atoms with Crippen molar-refractivity contribution in [1.29, 1.82) is 0 Å². The Kier molecular flexibility index (Phi) is 4.32. The van der Waals surface area contributed by atoms with Gasteiger partial charge in [0, 0.05) is 11.8 Å². The predicted molar refractivity (Wildman–Crippen MR) is 80.9 cm³/mol. The molecule has 2 rings (SSSR count). The van der Waals surface area contributed by atoms with Gasteiger partial charge in [0.25, 0.3) is 5.91 Å². The highest BCUT2D eigenvalue weighted by Crippen LogP contribution is 2.37. The molecule has 0 radical (unpaired) electrons. The zero-order valence-corrected chi connectivity index (χ0v) is 12.7. The summed E-state index contributed by atoms with van der Waals surface area (Å²) in [6.45, 7) is 0. The summed E-state index contributed by atoms with van der Waals surface area (Å²) in [5.74, 6) is -0.749. The first-order chi connectivity index (χ1) is 9.79. The van der Waals surface area contributed by atoms with E-state index in [0.29, 0.717) is 0 Å². The highest BCUT2D eigenvalue weighted by Gasteiger charge is 2.24. The molecule has 21 heavy (non-hydrogen) atoms. The van der Waals surface area contributed by atoms with Crippen molar-refractivity contribution in [1.82, 2.24) is 0 Å². The number of nitrogens with two attached hydrogens (primary N) is 2. The van der Waals surface area contributed by atoms with Crippen molar-refractivity contribution in [3.63, 3.8) is 0 Å². The molecule has 1 aliphatic rings. The monoisotopic (exact) mass is 309 g/mol. The molecule has 114 valence electrons. The number of benzene rings is 1. The van der Waals surface area contributed by atoms with Gasteiger partial charge in [-0.2, -0.15) is 4.99 Å². The van der Waals surface area contributed by atoms with Gasteiger partial charge in [-0.3, -0.25) is 4.79 Å². The number of nitrogens with zero attached hydrogens (tertiary/aromatic N) is 1. The van der Waals surface area contributed by atoms with Crippen molar-refractivity contribution >= 4 is 21.7 Å². The lowest BCUT2D eigenvalue weighted by Gasteiger charge is -2.15. The molecule has 1 aliphatic carbocycles. The van der Waals surface area contributed by atoms with E-state index in [1.165, 1.54) is 6.07 Å². The lowest BCUT2D eigenvalue weighted by Crippen LogP contribution is -2.24. The third-order valence-corrected chi connectivity index (χ3v) is 4.84. The molecule has 1 saturated carbocycles. The number of sulfone groups is 1. The average molecular weight is 309 g/mol. The summed E-state index contributed by atoms with van der Waals surface area (Å²) in [7, 11) is -3.42. The van der Waals surface area contributed by atoms with Crippen LogP contribution in [0.5, 0.6) is 0 Å². The normalized spacial score (nSPS) is 15.9. The summed E-state index contributed by atoms with van der Waals surface area (Å²) in [5.41, 5.74) is 11.3. The molecule has 0 bridgehead atoms. The van der Waals surface area contributed by atoms with Crippen LogP contribution in [0, 0.1) is 0 Å². The second kappa shape index (κ2) is 5.85. The number of carbonyl (C=O) groups is 1. The SMILES string of the molecule is CS(=O)(=O)c1cc(C(=O)N=C(N)N)ccc1C1CCCC1. The fourth-order valence-corrected chi connectivity index (χ4v) is 3.75. The summed E-state index contributed by atoms with van der Waals surface area (Å²) < 4.78 is 24.0. The molecular weight excluding hydrogens is 290 g/mol. The van der Waals surface area contributed by atoms with Crippen molar-refractivity contribution in [3.05, 3.63) is 29.3 Å². The first kappa shape index (κ1) is 15.5. The van der Waals surface area contributed by atoms with Crippen LogP contribution in [-0.2, 0) is 9.84 Å². The molecule has 1 fully saturated rings. The molecule has 0 aromatic heterocycles. The largest absolute Gasteiger partial charge is 0.370 e. The van der Waals surface area contributed by atoms with Crippen LogP contribution in [-0.4, -0.2) is 26.5 Å². The summed E-state index contributed by atoms with van der Waals surface area (Å²) in [5, 5.41) is 0. The average Bonchev–Trinajstić information content (AvgIpc) is 2.89. The van der Waals surface area contributed by atoms with E-state index in [1.807, 2.05) is 0 Å². The van der Waals surface area contributed by atoms with Gasteiger partial charge >= 0.3 is 0 Å². The fourth-order valence-electron chi connectivity index (χ4n) is 2.74. The van der Waals surface area contributed by atoms with Crippen molar-refractivity contribution in [3.8, 4) is 0 Å². The van der Waals surface area contributed by atoms with Gasteiger partial charge in [-0.1, -0.05) is 18.9 Å². The second-order valence-corrected chi connectivity index (χ2v) is 7.33. The van der Waals surface area contributed by atoms with E-state index in [-0.39, 0.29) is 22.3 Å². The van der Waals surface area contributed by atoms with Crippen LogP contribution in [0.15, 0.2) is 28.1 Å². The van der Waals surface area contributed by atoms with Crippen LogP contribution in [0.3, 0.4) is 0 Å². The second-order valence-electron chi connectivity index (χ2n) is 5.35. The molecule has 1 aromatic rings. The van der Waals surface area contributed by atoms with Crippen molar-refractivity contribution in [2.75, 3.05) is 6.26 Å². The van der Waals surface area contributed by atoms with Crippen LogP contribution in [0.2, 0.25) is 0 Å². The zero-order valence-electron chi connectivity index (χ0n) is 11.9. The molecule has 0 saturated heterocycles. The topological polar surface area (TPSA) is 116 Å². The Balaban J connectivity index is 2.50. The quantitative estimate of drug-likeness (QED) is 0.642. The number of aliphatic imine (C=N–C) groups is 1. The van der Waals surface area contributed by atoms with E-state index in [0.717, 1.165) is 37.5 Å². The number of hydrogen-bond acceptors (Lipinski definition) is 3. The fraction of sp³-hybridized carbons (Fsp3) is 0.429. The number of hydrogen-bond donors (Lipinski definition) is 2. The lowest BCUT2D eigenvalue weighted by molar-refractivity contribution is 0.100. The Hall–Kier alpha value is -1.89. The maximum Gasteiger partial charge on any atom is 0.280 e. The zero-order chi connectivity index (χ0) is 15.6. The maximum absolute atomic E-state index is 12.0. The number of guanidine groups is 1. The van der Waals surface area contributed by atoms with Crippen LogP contribution in [0.25, 0.3) is 0 Å². The van der Waals surface area contributed by atoms with E-state index in [2.05, 4.69) is 4.99 Å². The molecule has 0 atom stereocenters. The summed E-state index contributed by atoms with van der Waals surface area (Å²) in [6, 6.07) is 4.66. The Morgan fingerprint density at radius 1 is 1.24 bits per heavy atom. The molecule has 6 nitrogen and oxygen atoms in total. The van der Waals surface area contributed by atoms with Gasteiger partial charge in [0.2, 0.25) is 0 Å². The molecule has 0 spiro atoms. The maximum atomic E-state index is 12.0. The minimum atomic E-state index is -3.42. The van der Waals surface area contributed by atoms with Crippen LogP contribution >= 0.6 is 0 Å². The Labute approximate surface area is 124 Å². The van der Waals surface area contributed by atoms with Gasteiger partial charge in [0.05, 0.1) is 4.90 Å². The van der Waals surface area contributed by atoms with Gasteiger partial charge in [-0.15, -0.1) is 0 Å². The smallest absolute Gasteiger partial charge is 0.280 e. The van der Waals surface area contributed by atoms with Gasteiger partial charge in [0.15, 0.2) is 15.8 Å². The number of amides is 1. The van der Waals surface area contributed by atoms with E-state index in [1.54, 1.807) is 12.1 Å². The number of carbonyl (C=O) groups excluding carboxylic acids is 1. The minimum absolute atomic E-state index is 0.172. The van der Waals surface area contributed by atoms with Gasteiger partial charge < -0.3 is 11.5 Å². The molecule has 0 heterocycles. The van der Waals surface area contributed by atoms with Gasteiger partial charge in [-0.25, -0.2) is 8.42 Å². The van der Waals surface area contributed by atoms with Crippen LogP contribution in [0.1, 0.15) is 47.5 Å². The molecule has 4 N–H and O–H groups in total. The Morgan fingerprint density at radius 2 is 1.86 bits per heavy atom. The molecular formula is C14H19N3O3S. The van der Waals surface area contributed by atoms with E-state index < -0.39 is 15.7 Å². The van der Waals surface area contributed by atoms with Crippen LogP contribution in [0.4, 0.5) is 0 Å². The first-order valence-electron chi connectivity index (χ1n) is 6.77. The first-order valence-corrected chi connectivity index (χ1v) is 8.66. The van der Waals surface area contributed by atoms with Crippen molar-refractivity contribution < 1.29 is 13.2 Å². The molecule has 7 heteroatoms. The molecule has 0 unspecified atom stereocenters. The summed E-state index contributed by atoms with van der Waals surface area (Å²) in [4.78, 5) is 15.5. The molecule has 1 aromatic carbocycles. The van der Waals surface area contributed by atoms with Crippen LogP contribution < -0.4 is 11.5 Å². The Bertz CT molecular complexity index is 685. The van der Waals surface area contributed by atoms with Gasteiger partial charge in [0.1, 0.15) is 0 Å². The lowest BCUT2D eigenvalue weighted by atomic mass is 9.96. The summed E-state index contributed by atoms with van der Waals surface area (Å²) >= 11 is 0. The minimum Gasteiger partial charge on any atom is -0.370 e. The van der Waals surface area contributed by atoms with E-state index in [9.17, 15) is 13.2 Å². The third-order valence-electron chi connectivity index (χ3n) is 3.69. The highest BCUT2D eigenvalue weighted by atomic mass is 32.2. The standard InChI is InChI=1S/C14H19N3O3S/c1-21(19,20)12-8-10(13(18)17-14(15)16)6-7-11(12)9-4-2-3-5-9/h6-9H,2-5H2,1H3,(H4,15,16,17,18). The molecule has 1 amide bonds. The number of rotatable bonds is 3. The predicted octanol–water partition coefficient (Wildman–Crippen LogP) is 1.16. The Morgan fingerprint density at radius 3 is 2.38 bits per heavy atom. The van der Waals surface area contributed by atoms with Crippen molar-refractivity contribution in [2.24, 2.45) is 16.5 Å². The molecule has 0 aliphatic heterocycles. The van der Waals surface area contributed by atoms with E-state index in [4.69, 9.17) is 11.5 Å². The van der Waals surface area contributed by atoms with Gasteiger partial charge in [-0.05, 0) is 36.5 Å². The summed E-state index contributed by atoms with van der Waals surface area (Å²) in [6.07, 6.45) is 5.30. The van der Waals surface area contributed by atoms with E-state index >= 15 is 0 Å². The van der Waals surface area contributed by atoms with Crippen molar-refractivity contribution in [2.45, 2.75) is 36.5 Å².